The number of nitrogens with zero attached hydrogens (tertiary/aromatic N) is 1. The maximum atomic E-state index is 13.6. The third-order valence-corrected chi connectivity index (χ3v) is 3.85. The van der Waals surface area contributed by atoms with Crippen molar-refractivity contribution in [3.8, 4) is 5.69 Å². The van der Waals surface area contributed by atoms with Gasteiger partial charge in [0.15, 0.2) is 0 Å². The molecule has 0 aliphatic carbocycles. The molecule has 1 aromatic carbocycles. The van der Waals surface area contributed by atoms with Gasteiger partial charge < -0.3 is 9.30 Å². The zero-order valence-electron chi connectivity index (χ0n) is 9.17. The molecule has 2 nitrogen and oxygen atoms in total. The first-order valence-electron chi connectivity index (χ1n) is 5.50. The number of rotatable bonds is 2. The van der Waals surface area contributed by atoms with Crippen LogP contribution in [0.1, 0.15) is 11.0 Å². The van der Waals surface area contributed by atoms with E-state index in [4.69, 9.17) is 4.74 Å². The third kappa shape index (κ3) is 2.10. The van der Waals surface area contributed by atoms with Gasteiger partial charge in [0.25, 0.3) is 0 Å². The van der Waals surface area contributed by atoms with E-state index in [1.165, 1.54) is 6.07 Å². The predicted octanol–water partition coefficient (Wildman–Crippen LogP) is 3.38. The Labute approximate surface area is 103 Å². The average Bonchev–Trinajstić information content (AvgIpc) is 3.00. The van der Waals surface area contributed by atoms with Crippen LogP contribution in [-0.4, -0.2) is 16.9 Å². The second kappa shape index (κ2) is 4.55. The van der Waals surface area contributed by atoms with Crippen molar-refractivity contribution in [2.75, 3.05) is 12.4 Å². The minimum Gasteiger partial charge on any atom is -0.362 e. The molecule has 2 heterocycles. The lowest BCUT2D eigenvalue weighted by atomic mass is 10.3. The van der Waals surface area contributed by atoms with Gasteiger partial charge in [0, 0.05) is 23.7 Å². The highest BCUT2D eigenvalue weighted by molar-refractivity contribution is 7.99. The molecule has 2 aromatic rings. The summed E-state index contributed by atoms with van der Waals surface area (Å²) in [6.07, 6.45) is 3.80. The summed E-state index contributed by atoms with van der Waals surface area (Å²) in [6.45, 7) is 0.792. The molecule has 0 saturated carbocycles. The largest absolute Gasteiger partial charge is 0.362 e. The molecular weight excluding hydrogens is 237 g/mol. The number of para-hydroxylation sites is 1. The molecular formula is C13H12FNOS. The molecule has 1 atom stereocenters. The molecule has 1 aliphatic heterocycles. The third-order valence-electron chi connectivity index (χ3n) is 2.74. The Morgan fingerprint density at radius 3 is 2.94 bits per heavy atom. The summed E-state index contributed by atoms with van der Waals surface area (Å²) in [7, 11) is 0. The monoisotopic (exact) mass is 249 g/mol. The Morgan fingerprint density at radius 1 is 1.29 bits per heavy atom. The number of benzene rings is 1. The molecule has 4 heteroatoms. The predicted molar refractivity (Wildman–Crippen MR) is 66.9 cm³/mol. The van der Waals surface area contributed by atoms with Crippen LogP contribution >= 0.6 is 11.8 Å². The maximum absolute atomic E-state index is 13.6. The van der Waals surface area contributed by atoms with Gasteiger partial charge in [0.1, 0.15) is 11.3 Å². The Balaban J connectivity index is 1.92. The molecule has 0 N–H and O–H groups in total. The van der Waals surface area contributed by atoms with Crippen molar-refractivity contribution >= 4 is 11.8 Å². The standard InChI is InChI=1S/C13H12FNOS/c14-11-3-1-2-4-12(11)15-6-5-10(9-15)13-16-7-8-17-13/h1-6,9,13H,7-8H2. The molecule has 17 heavy (non-hydrogen) atoms. The number of hydrogen-bond donors (Lipinski definition) is 0. The van der Waals surface area contributed by atoms with Crippen molar-refractivity contribution in [3.63, 3.8) is 0 Å². The van der Waals surface area contributed by atoms with E-state index in [-0.39, 0.29) is 11.3 Å². The zero-order valence-corrected chi connectivity index (χ0v) is 9.99. The summed E-state index contributed by atoms with van der Waals surface area (Å²) in [4.78, 5) is 0. The molecule has 1 fully saturated rings. The molecule has 0 spiro atoms. The first kappa shape index (κ1) is 10.9. The van der Waals surface area contributed by atoms with Gasteiger partial charge in [-0.2, -0.15) is 0 Å². The molecule has 1 unspecified atom stereocenters. The quantitative estimate of drug-likeness (QED) is 0.810. The van der Waals surface area contributed by atoms with Crippen molar-refractivity contribution in [3.05, 3.63) is 54.1 Å². The van der Waals surface area contributed by atoms with Crippen LogP contribution in [-0.2, 0) is 4.74 Å². The van der Waals surface area contributed by atoms with E-state index in [0.717, 1.165) is 17.9 Å². The van der Waals surface area contributed by atoms with E-state index in [1.807, 2.05) is 24.5 Å². The van der Waals surface area contributed by atoms with E-state index in [1.54, 1.807) is 28.5 Å². The van der Waals surface area contributed by atoms with Gasteiger partial charge in [-0.15, -0.1) is 11.8 Å². The SMILES string of the molecule is Fc1ccccc1-n1ccc(C2OCCS2)c1. The normalized spacial score (nSPS) is 19.7. The fourth-order valence-electron chi connectivity index (χ4n) is 1.91. The van der Waals surface area contributed by atoms with Crippen LogP contribution < -0.4 is 0 Å². The lowest BCUT2D eigenvalue weighted by Gasteiger charge is -2.06. The van der Waals surface area contributed by atoms with Crippen LogP contribution in [0.25, 0.3) is 5.69 Å². The Bertz CT molecular complexity index is 520. The van der Waals surface area contributed by atoms with Crippen LogP contribution in [0.4, 0.5) is 4.39 Å². The lowest BCUT2D eigenvalue weighted by Crippen LogP contribution is -1.95. The van der Waals surface area contributed by atoms with Crippen molar-refractivity contribution in [2.45, 2.75) is 5.44 Å². The number of halogens is 1. The number of thioether (sulfide) groups is 1. The minimum atomic E-state index is -0.213. The molecule has 3 rings (SSSR count). The molecule has 0 radical (unpaired) electrons. The first-order valence-corrected chi connectivity index (χ1v) is 6.55. The lowest BCUT2D eigenvalue weighted by molar-refractivity contribution is 0.145. The smallest absolute Gasteiger partial charge is 0.147 e. The topological polar surface area (TPSA) is 14.2 Å². The summed E-state index contributed by atoms with van der Waals surface area (Å²) in [5.74, 6) is 0.810. The number of aromatic nitrogens is 1. The molecule has 88 valence electrons. The van der Waals surface area contributed by atoms with Crippen molar-refractivity contribution < 1.29 is 9.13 Å². The van der Waals surface area contributed by atoms with E-state index >= 15 is 0 Å². The Hall–Kier alpha value is -1.26. The fraction of sp³-hybridized carbons (Fsp3) is 0.231. The number of ether oxygens (including phenoxy) is 1. The Morgan fingerprint density at radius 2 is 2.18 bits per heavy atom. The summed E-state index contributed by atoms with van der Waals surface area (Å²) in [5, 5.41) is 0. The van der Waals surface area contributed by atoms with E-state index in [2.05, 4.69) is 0 Å². The summed E-state index contributed by atoms with van der Waals surface area (Å²) in [6, 6.07) is 8.74. The Kier molecular flexibility index (Phi) is 2.91. The molecule has 1 saturated heterocycles. The van der Waals surface area contributed by atoms with Gasteiger partial charge in [-0.05, 0) is 18.2 Å². The van der Waals surface area contributed by atoms with Gasteiger partial charge in [0.05, 0.1) is 12.3 Å². The first-order chi connectivity index (χ1) is 8.34. The molecule has 1 aliphatic rings. The van der Waals surface area contributed by atoms with Crippen molar-refractivity contribution in [1.82, 2.24) is 4.57 Å². The van der Waals surface area contributed by atoms with Crippen LogP contribution in [0.3, 0.4) is 0 Å². The van der Waals surface area contributed by atoms with Gasteiger partial charge in [-0.25, -0.2) is 4.39 Å². The van der Waals surface area contributed by atoms with E-state index in [0.29, 0.717) is 5.69 Å². The van der Waals surface area contributed by atoms with E-state index < -0.39 is 0 Å². The maximum Gasteiger partial charge on any atom is 0.147 e. The molecule has 1 aromatic heterocycles. The van der Waals surface area contributed by atoms with Crippen molar-refractivity contribution in [1.29, 1.82) is 0 Å². The van der Waals surface area contributed by atoms with Crippen LogP contribution in [0, 0.1) is 5.82 Å². The molecule has 0 bridgehead atoms. The van der Waals surface area contributed by atoms with Crippen LogP contribution in [0.15, 0.2) is 42.7 Å². The second-order valence-electron chi connectivity index (χ2n) is 3.88. The fourth-order valence-corrected chi connectivity index (χ4v) is 2.85. The highest BCUT2D eigenvalue weighted by Crippen LogP contribution is 2.35. The van der Waals surface area contributed by atoms with Gasteiger partial charge >= 0.3 is 0 Å². The highest BCUT2D eigenvalue weighted by Gasteiger charge is 2.19. The molecule has 0 amide bonds. The second-order valence-corrected chi connectivity index (χ2v) is 5.05. The van der Waals surface area contributed by atoms with Crippen molar-refractivity contribution in [2.24, 2.45) is 0 Å². The van der Waals surface area contributed by atoms with Gasteiger partial charge in [-0.3, -0.25) is 0 Å². The summed E-state index contributed by atoms with van der Waals surface area (Å²) < 4.78 is 21.0. The van der Waals surface area contributed by atoms with E-state index in [9.17, 15) is 4.39 Å². The van der Waals surface area contributed by atoms with Crippen LogP contribution in [0.5, 0.6) is 0 Å². The number of hydrogen-bond acceptors (Lipinski definition) is 2. The minimum absolute atomic E-state index is 0.100. The highest BCUT2D eigenvalue weighted by atomic mass is 32.2. The van der Waals surface area contributed by atoms with Gasteiger partial charge in [-0.1, -0.05) is 12.1 Å². The zero-order chi connectivity index (χ0) is 11.7. The van der Waals surface area contributed by atoms with Gasteiger partial charge in [0.2, 0.25) is 0 Å². The summed E-state index contributed by atoms with van der Waals surface area (Å²) >= 11 is 1.78. The average molecular weight is 249 g/mol. The summed E-state index contributed by atoms with van der Waals surface area (Å²) in [5.41, 5.74) is 1.76. The van der Waals surface area contributed by atoms with Crippen LogP contribution in [0.2, 0.25) is 0 Å².